The van der Waals surface area contributed by atoms with Crippen LogP contribution in [0.4, 0.5) is 0 Å². The predicted molar refractivity (Wildman–Crippen MR) is 126 cm³/mol. The van der Waals surface area contributed by atoms with E-state index >= 15 is 0 Å². The second-order valence-corrected chi connectivity index (χ2v) is 8.51. The third kappa shape index (κ3) is 2.96. The molecule has 0 aliphatic heterocycles. The maximum atomic E-state index is 13.9. The van der Waals surface area contributed by atoms with Crippen LogP contribution >= 0.6 is 0 Å². The first-order valence-electron chi connectivity index (χ1n) is 11.3. The van der Waals surface area contributed by atoms with E-state index in [0.29, 0.717) is 5.78 Å². The number of aryl methyl sites for hydroxylation is 2. The van der Waals surface area contributed by atoms with Crippen LogP contribution in [0.2, 0.25) is 0 Å². The quantitative estimate of drug-likeness (QED) is 0.355. The van der Waals surface area contributed by atoms with E-state index < -0.39 is 0 Å². The number of benzene rings is 4. The zero-order chi connectivity index (χ0) is 20.7. The number of hydrogen-bond donors (Lipinski definition) is 0. The zero-order valence-electron chi connectivity index (χ0n) is 17.8. The lowest BCUT2D eigenvalue weighted by molar-refractivity contribution is -0.119. The summed E-state index contributed by atoms with van der Waals surface area (Å²) >= 11 is 0. The molecule has 0 bridgehead atoms. The van der Waals surface area contributed by atoms with Crippen LogP contribution in [0.15, 0.2) is 72.8 Å². The molecule has 0 amide bonds. The molecule has 0 aromatic heterocycles. The fourth-order valence-electron chi connectivity index (χ4n) is 5.56. The molecule has 30 heavy (non-hydrogen) atoms. The molecule has 1 fully saturated rings. The highest BCUT2D eigenvalue weighted by Crippen LogP contribution is 2.46. The summed E-state index contributed by atoms with van der Waals surface area (Å²) in [5.41, 5.74) is 5.20. The van der Waals surface area contributed by atoms with Crippen LogP contribution in [0.1, 0.15) is 60.8 Å². The molecule has 0 heterocycles. The fraction of sp³-hybridized carbons (Fsp3) is 0.276. The Morgan fingerprint density at radius 3 is 1.50 bits per heavy atom. The van der Waals surface area contributed by atoms with Crippen molar-refractivity contribution >= 4 is 27.3 Å². The van der Waals surface area contributed by atoms with Crippen molar-refractivity contribution in [2.75, 3.05) is 0 Å². The monoisotopic (exact) mass is 392 g/mol. The first-order valence-corrected chi connectivity index (χ1v) is 11.3. The van der Waals surface area contributed by atoms with Gasteiger partial charge in [0.15, 0.2) is 0 Å². The molecule has 5 rings (SSSR count). The number of carbonyl (C=O) groups is 1. The summed E-state index contributed by atoms with van der Waals surface area (Å²) in [4.78, 5) is 13.9. The first-order chi connectivity index (χ1) is 14.7. The van der Waals surface area contributed by atoms with E-state index in [2.05, 4.69) is 86.6 Å². The molecule has 1 aliphatic carbocycles. The van der Waals surface area contributed by atoms with Crippen molar-refractivity contribution in [3.8, 4) is 0 Å². The molecule has 1 nitrogen and oxygen atoms in total. The molecule has 0 saturated heterocycles. The summed E-state index contributed by atoms with van der Waals surface area (Å²) in [5.74, 6) is 0.409. The fourth-order valence-corrected chi connectivity index (χ4v) is 5.56. The molecule has 2 unspecified atom stereocenters. The van der Waals surface area contributed by atoms with Gasteiger partial charge in [0.2, 0.25) is 0 Å². The molecule has 4 aromatic rings. The van der Waals surface area contributed by atoms with Crippen LogP contribution in [0.5, 0.6) is 0 Å². The van der Waals surface area contributed by atoms with E-state index in [1.807, 2.05) is 0 Å². The summed E-state index contributed by atoms with van der Waals surface area (Å²) in [6, 6.07) is 25.9. The van der Waals surface area contributed by atoms with Gasteiger partial charge in [-0.05, 0) is 69.5 Å². The normalized spacial score (nSPS) is 19.1. The van der Waals surface area contributed by atoms with Gasteiger partial charge < -0.3 is 0 Å². The van der Waals surface area contributed by atoms with E-state index in [1.54, 1.807) is 0 Å². The molecule has 1 saturated carbocycles. The number of fused-ring (bicyclic) bond motifs is 2. The van der Waals surface area contributed by atoms with Crippen molar-refractivity contribution in [1.29, 1.82) is 0 Å². The van der Waals surface area contributed by atoms with Gasteiger partial charge in [-0.1, -0.05) is 86.6 Å². The van der Waals surface area contributed by atoms with Crippen LogP contribution in [0.3, 0.4) is 0 Å². The molecular weight excluding hydrogens is 364 g/mol. The first kappa shape index (κ1) is 19.1. The summed E-state index contributed by atoms with van der Waals surface area (Å²) in [5, 5.41) is 4.98. The number of hydrogen-bond acceptors (Lipinski definition) is 1. The van der Waals surface area contributed by atoms with Crippen molar-refractivity contribution in [2.45, 2.75) is 51.4 Å². The standard InChI is InChI=1S/C29H28O/c1-3-19-13-15-21-9-5-7-11-23(21)27(19)25-17-18-26(29(25)30)28-20(4-2)14-16-22-10-6-8-12-24(22)28/h5-16,25-26H,3-4,17-18H2,1-2H3. The Balaban J connectivity index is 1.65. The molecule has 2 atom stereocenters. The summed E-state index contributed by atoms with van der Waals surface area (Å²) in [7, 11) is 0. The molecule has 1 aliphatic rings. The van der Waals surface area contributed by atoms with E-state index in [9.17, 15) is 4.79 Å². The molecule has 1 heteroatoms. The van der Waals surface area contributed by atoms with Crippen LogP contribution < -0.4 is 0 Å². The van der Waals surface area contributed by atoms with E-state index in [-0.39, 0.29) is 11.8 Å². The molecule has 0 radical (unpaired) electrons. The van der Waals surface area contributed by atoms with Crippen molar-refractivity contribution in [1.82, 2.24) is 0 Å². The van der Waals surface area contributed by atoms with Gasteiger partial charge in [0.05, 0.1) is 0 Å². The zero-order valence-corrected chi connectivity index (χ0v) is 17.8. The van der Waals surface area contributed by atoms with Crippen LogP contribution in [0.25, 0.3) is 21.5 Å². The Hall–Kier alpha value is -2.93. The van der Waals surface area contributed by atoms with Crippen molar-refractivity contribution in [3.05, 3.63) is 95.1 Å². The maximum absolute atomic E-state index is 13.9. The van der Waals surface area contributed by atoms with Gasteiger partial charge in [0.1, 0.15) is 5.78 Å². The minimum atomic E-state index is -0.000255. The van der Waals surface area contributed by atoms with Gasteiger partial charge in [-0.2, -0.15) is 0 Å². The highest BCUT2D eigenvalue weighted by atomic mass is 16.1. The minimum Gasteiger partial charge on any atom is -0.298 e. The summed E-state index contributed by atoms with van der Waals surface area (Å²) < 4.78 is 0. The third-order valence-corrected chi connectivity index (χ3v) is 7.01. The van der Waals surface area contributed by atoms with Crippen molar-refractivity contribution in [2.24, 2.45) is 0 Å². The lowest BCUT2D eigenvalue weighted by Crippen LogP contribution is -2.15. The second-order valence-electron chi connectivity index (χ2n) is 8.51. The van der Waals surface area contributed by atoms with Gasteiger partial charge in [-0.3, -0.25) is 4.79 Å². The Kier molecular flexibility index (Phi) is 4.90. The summed E-state index contributed by atoms with van der Waals surface area (Å²) in [6.45, 7) is 4.40. The predicted octanol–water partition coefficient (Wildman–Crippen LogP) is 7.35. The van der Waals surface area contributed by atoms with Crippen molar-refractivity contribution in [3.63, 3.8) is 0 Å². The molecule has 4 aromatic carbocycles. The smallest absolute Gasteiger partial charge is 0.147 e. The molecule has 0 N–H and O–H groups in total. The molecule has 0 spiro atoms. The highest BCUT2D eigenvalue weighted by Gasteiger charge is 2.39. The molecular formula is C29H28O. The average molecular weight is 393 g/mol. The van der Waals surface area contributed by atoms with Gasteiger partial charge in [-0.25, -0.2) is 0 Å². The lowest BCUT2D eigenvalue weighted by Gasteiger charge is -2.20. The van der Waals surface area contributed by atoms with Crippen LogP contribution in [-0.2, 0) is 17.6 Å². The third-order valence-electron chi connectivity index (χ3n) is 7.01. The largest absolute Gasteiger partial charge is 0.298 e. The number of rotatable bonds is 4. The average Bonchev–Trinajstić information content (AvgIpc) is 3.17. The Bertz CT molecular complexity index is 1150. The topological polar surface area (TPSA) is 17.1 Å². The Morgan fingerprint density at radius 1 is 0.633 bits per heavy atom. The van der Waals surface area contributed by atoms with Gasteiger partial charge >= 0.3 is 0 Å². The Labute approximate surface area is 178 Å². The van der Waals surface area contributed by atoms with Gasteiger partial charge in [0, 0.05) is 11.8 Å². The summed E-state index contributed by atoms with van der Waals surface area (Å²) in [6.07, 6.45) is 3.81. The van der Waals surface area contributed by atoms with E-state index in [1.165, 1.54) is 43.8 Å². The number of ketones is 1. The maximum Gasteiger partial charge on any atom is 0.147 e. The van der Waals surface area contributed by atoms with Crippen LogP contribution in [0, 0.1) is 0 Å². The van der Waals surface area contributed by atoms with Gasteiger partial charge in [-0.15, -0.1) is 0 Å². The minimum absolute atomic E-state index is 0.000255. The second kappa shape index (κ2) is 7.72. The number of Topliss-reactive ketones (excluding diaryl/α,β-unsaturated/α-hetero) is 1. The number of carbonyl (C=O) groups excluding carboxylic acids is 1. The molecule has 150 valence electrons. The van der Waals surface area contributed by atoms with Crippen molar-refractivity contribution < 1.29 is 4.79 Å². The van der Waals surface area contributed by atoms with E-state index in [0.717, 1.165) is 25.7 Å². The Morgan fingerprint density at radius 2 is 1.07 bits per heavy atom. The SMILES string of the molecule is CCc1ccc2ccccc2c1C1CCC(c2c(CC)ccc3ccccc23)C1=O. The van der Waals surface area contributed by atoms with E-state index in [4.69, 9.17) is 0 Å². The highest BCUT2D eigenvalue weighted by molar-refractivity contribution is 6.02. The lowest BCUT2D eigenvalue weighted by atomic mass is 9.83. The van der Waals surface area contributed by atoms with Gasteiger partial charge in [0.25, 0.3) is 0 Å². The van der Waals surface area contributed by atoms with Crippen LogP contribution in [-0.4, -0.2) is 5.78 Å².